The van der Waals surface area contributed by atoms with E-state index in [0.717, 1.165) is 31.6 Å². The maximum absolute atomic E-state index is 12.6. The minimum Gasteiger partial charge on any atom is -0.371 e. The van der Waals surface area contributed by atoms with Crippen molar-refractivity contribution >= 4 is 21.4 Å². The van der Waals surface area contributed by atoms with E-state index in [-0.39, 0.29) is 10.5 Å². The van der Waals surface area contributed by atoms with E-state index in [2.05, 4.69) is 9.62 Å². The van der Waals surface area contributed by atoms with E-state index < -0.39 is 10.0 Å². The summed E-state index contributed by atoms with van der Waals surface area (Å²) in [6, 6.07) is 15.5. The molecular weight excluding hydrogens is 322 g/mol. The van der Waals surface area contributed by atoms with Gasteiger partial charge in [-0.05, 0) is 49.6 Å². The predicted octanol–water partition coefficient (Wildman–Crippen LogP) is 3.35. The van der Waals surface area contributed by atoms with Crippen LogP contribution in [0.5, 0.6) is 0 Å². The molecule has 124 valence electrons. The van der Waals surface area contributed by atoms with Crippen LogP contribution in [-0.2, 0) is 10.0 Å². The lowest BCUT2D eigenvalue weighted by atomic mass is 10.1. The molecule has 24 heavy (non-hydrogen) atoms. The summed E-state index contributed by atoms with van der Waals surface area (Å²) >= 11 is 0. The lowest BCUT2D eigenvalue weighted by molar-refractivity contribution is 0.578. The van der Waals surface area contributed by atoms with Crippen LogP contribution in [0.2, 0.25) is 0 Å². The van der Waals surface area contributed by atoms with Crippen molar-refractivity contribution in [1.82, 2.24) is 0 Å². The minimum atomic E-state index is -3.79. The predicted molar refractivity (Wildman–Crippen MR) is 94.5 cm³/mol. The fourth-order valence-corrected chi connectivity index (χ4v) is 4.13. The standard InChI is InChI=1S/C18H19N3O2S/c19-14-15-7-2-3-10-18(15)24(22,23)20-16-8-6-9-17(13-16)21-11-4-1-5-12-21/h2-3,6-10,13,20H,1,4-5,11-12H2. The van der Waals surface area contributed by atoms with Gasteiger partial charge >= 0.3 is 0 Å². The van der Waals surface area contributed by atoms with Crippen molar-refractivity contribution < 1.29 is 8.42 Å². The summed E-state index contributed by atoms with van der Waals surface area (Å²) in [5, 5.41) is 9.11. The first-order valence-corrected chi connectivity index (χ1v) is 9.45. The third-order valence-electron chi connectivity index (χ3n) is 4.12. The Kier molecular flexibility index (Phi) is 4.72. The van der Waals surface area contributed by atoms with E-state index in [1.807, 2.05) is 24.3 Å². The van der Waals surface area contributed by atoms with E-state index >= 15 is 0 Å². The molecule has 0 aliphatic carbocycles. The quantitative estimate of drug-likeness (QED) is 0.925. The normalized spacial score (nSPS) is 14.9. The van der Waals surface area contributed by atoms with Crippen LogP contribution in [0.3, 0.4) is 0 Å². The minimum absolute atomic E-state index is 0.00382. The first-order chi connectivity index (χ1) is 11.6. The summed E-state index contributed by atoms with van der Waals surface area (Å²) in [5.74, 6) is 0. The number of nitriles is 1. The molecule has 1 N–H and O–H groups in total. The molecule has 0 unspecified atom stereocenters. The van der Waals surface area contributed by atoms with E-state index in [0.29, 0.717) is 5.69 Å². The Bertz CT molecular complexity index is 866. The summed E-state index contributed by atoms with van der Waals surface area (Å²) in [6.45, 7) is 1.99. The Morgan fingerprint density at radius 1 is 1.00 bits per heavy atom. The van der Waals surface area contributed by atoms with Crippen LogP contribution in [-0.4, -0.2) is 21.5 Å². The summed E-state index contributed by atoms with van der Waals surface area (Å²) in [6.07, 6.45) is 3.56. The zero-order chi connectivity index (χ0) is 17.0. The van der Waals surface area contributed by atoms with Gasteiger partial charge in [-0.15, -0.1) is 0 Å². The van der Waals surface area contributed by atoms with Crippen LogP contribution < -0.4 is 9.62 Å². The van der Waals surface area contributed by atoms with Gasteiger partial charge in [-0.1, -0.05) is 18.2 Å². The molecule has 0 saturated carbocycles. The molecular formula is C18H19N3O2S. The molecule has 0 amide bonds. The fourth-order valence-electron chi connectivity index (χ4n) is 2.92. The maximum Gasteiger partial charge on any atom is 0.263 e. The average Bonchev–Trinajstić information content (AvgIpc) is 2.62. The molecule has 3 rings (SSSR count). The van der Waals surface area contributed by atoms with Crippen LogP contribution in [0.4, 0.5) is 11.4 Å². The molecule has 1 saturated heterocycles. The highest BCUT2D eigenvalue weighted by molar-refractivity contribution is 7.92. The van der Waals surface area contributed by atoms with Crippen LogP contribution in [0, 0.1) is 11.3 Å². The topological polar surface area (TPSA) is 73.2 Å². The Labute approximate surface area is 142 Å². The summed E-state index contributed by atoms with van der Waals surface area (Å²) in [7, 11) is -3.79. The third-order valence-corrected chi connectivity index (χ3v) is 5.56. The van der Waals surface area contributed by atoms with E-state index in [9.17, 15) is 8.42 Å². The SMILES string of the molecule is N#Cc1ccccc1S(=O)(=O)Nc1cccc(N2CCCCC2)c1. The van der Waals surface area contributed by atoms with Gasteiger partial charge in [0, 0.05) is 18.8 Å². The molecule has 5 nitrogen and oxygen atoms in total. The molecule has 0 radical (unpaired) electrons. The van der Waals surface area contributed by atoms with Crippen LogP contribution >= 0.6 is 0 Å². The fraction of sp³-hybridized carbons (Fsp3) is 0.278. The maximum atomic E-state index is 12.6. The molecule has 0 aromatic heterocycles. The molecule has 1 fully saturated rings. The van der Waals surface area contributed by atoms with Crippen molar-refractivity contribution in [1.29, 1.82) is 5.26 Å². The smallest absolute Gasteiger partial charge is 0.263 e. The lowest BCUT2D eigenvalue weighted by Crippen LogP contribution is -2.29. The Morgan fingerprint density at radius 2 is 1.75 bits per heavy atom. The molecule has 2 aromatic rings. The Balaban J connectivity index is 1.86. The van der Waals surface area contributed by atoms with Crippen LogP contribution in [0.25, 0.3) is 0 Å². The Morgan fingerprint density at radius 3 is 2.50 bits per heavy atom. The largest absolute Gasteiger partial charge is 0.371 e. The molecule has 0 bridgehead atoms. The van der Waals surface area contributed by atoms with Gasteiger partial charge in [-0.3, -0.25) is 4.72 Å². The summed E-state index contributed by atoms with van der Waals surface area (Å²) < 4.78 is 27.8. The summed E-state index contributed by atoms with van der Waals surface area (Å²) in [5.41, 5.74) is 1.66. The number of rotatable bonds is 4. The third kappa shape index (κ3) is 3.52. The molecule has 2 aromatic carbocycles. The average molecular weight is 341 g/mol. The number of anilines is 2. The molecule has 0 spiro atoms. The van der Waals surface area contributed by atoms with Gasteiger partial charge in [0.1, 0.15) is 11.0 Å². The highest BCUT2D eigenvalue weighted by atomic mass is 32.2. The molecule has 6 heteroatoms. The van der Waals surface area contributed by atoms with Gasteiger partial charge in [0.15, 0.2) is 0 Å². The second-order valence-electron chi connectivity index (χ2n) is 5.81. The van der Waals surface area contributed by atoms with Crippen molar-refractivity contribution in [3.63, 3.8) is 0 Å². The van der Waals surface area contributed by atoms with E-state index in [4.69, 9.17) is 5.26 Å². The zero-order valence-electron chi connectivity index (χ0n) is 13.3. The second kappa shape index (κ2) is 6.93. The number of nitrogens with zero attached hydrogens (tertiary/aromatic N) is 2. The van der Waals surface area contributed by atoms with Gasteiger partial charge in [-0.2, -0.15) is 5.26 Å². The highest BCUT2D eigenvalue weighted by Gasteiger charge is 2.19. The Hall–Kier alpha value is -2.52. The van der Waals surface area contributed by atoms with Gasteiger partial charge in [0.2, 0.25) is 0 Å². The molecule has 1 aliphatic rings. The molecule has 1 aliphatic heterocycles. The monoisotopic (exact) mass is 341 g/mol. The first kappa shape index (κ1) is 16.3. The highest BCUT2D eigenvalue weighted by Crippen LogP contribution is 2.25. The van der Waals surface area contributed by atoms with Crippen molar-refractivity contribution in [3.8, 4) is 6.07 Å². The molecule has 0 atom stereocenters. The number of hydrogen-bond acceptors (Lipinski definition) is 4. The lowest BCUT2D eigenvalue weighted by Gasteiger charge is -2.29. The van der Waals surface area contributed by atoms with Crippen molar-refractivity contribution in [2.75, 3.05) is 22.7 Å². The van der Waals surface area contributed by atoms with Gasteiger partial charge in [0.25, 0.3) is 10.0 Å². The number of piperidine rings is 1. The zero-order valence-corrected chi connectivity index (χ0v) is 14.1. The number of hydrogen-bond donors (Lipinski definition) is 1. The van der Waals surface area contributed by atoms with Gasteiger partial charge in [0.05, 0.1) is 11.3 Å². The number of sulfonamides is 1. The van der Waals surface area contributed by atoms with E-state index in [1.54, 1.807) is 18.2 Å². The first-order valence-electron chi connectivity index (χ1n) is 7.97. The van der Waals surface area contributed by atoms with Crippen molar-refractivity contribution in [3.05, 3.63) is 54.1 Å². The van der Waals surface area contributed by atoms with Crippen molar-refractivity contribution in [2.45, 2.75) is 24.2 Å². The number of nitrogens with one attached hydrogen (secondary N) is 1. The second-order valence-corrected chi connectivity index (χ2v) is 7.46. The molecule has 1 heterocycles. The number of benzene rings is 2. The summed E-state index contributed by atoms with van der Waals surface area (Å²) in [4.78, 5) is 2.26. The van der Waals surface area contributed by atoms with Crippen molar-refractivity contribution in [2.24, 2.45) is 0 Å². The van der Waals surface area contributed by atoms with Gasteiger partial charge < -0.3 is 4.90 Å². The van der Waals surface area contributed by atoms with E-state index in [1.165, 1.54) is 18.6 Å². The van der Waals surface area contributed by atoms with Gasteiger partial charge in [-0.25, -0.2) is 8.42 Å². The van der Waals surface area contributed by atoms with Crippen LogP contribution in [0.1, 0.15) is 24.8 Å². The van der Waals surface area contributed by atoms with Crippen LogP contribution in [0.15, 0.2) is 53.4 Å².